The third-order valence-electron chi connectivity index (χ3n) is 5.51. The molecule has 1 aromatic carbocycles. The molecule has 144 valence electrons. The van der Waals surface area contributed by atoms with Crippen LogP contribution in [0.1, 0.15) is 35.7 Å². The minimum atomic E-state index is 0.0854. The van der Waals surface area contributed by atoms with Gasteiger partial charge in [-0.15, -0.1) is 11.3 Å². The Balaban J connectivity index is 2.16. The van der Waals surface area contributed by atoms with Crippen molar-refractivity contribution in [2.75, 3.05) is 19.6 Å². The van der Waals surface area contributed by atoms with E-state index in [9.17, 15) is 4.79 Å². The average molecular weight is 384 g/mol. The smallest absolute Gasteiger partial charge is 0.262 e. The van der Waals surface area contributed by atoms with Gasteiger partial charge >= 0.3 is 0 Å². The van der Waals surface area contributed by atoms with Gasteiger partial charge in [-0.25, -0.2) is 4.98 Å². The first-order valence-corrected chi connectivity index (χ1v) is 10.5. The minimum Gasteiger partial charge on any atom is -0.302 e. The molecule has 0 spiro atoms. The first-order valence-electron chi connectivity index (χ1n) is 9.67. The van der Waals surface area contributed by atoms with Gasteiger partial charge in [0.05, 0.1) is 5.39 Å². The van der Waals surface area contributed by atoms with Crippen LogP contribution in [0.25, 0.3) is 21.3 Å². The molecule has 4 nitrogen and oxygen atoms in total. The molecule has 0 atom stereocenters. The summed E-state index contributed by atoms with van der Waals surface area (Å²) in [5.74, 6) is 0.799. The van der Waals surface area contributed by atoms with Gasteiger partial charge in [-0.05, 0) is 57.5 Å². The van der Waals surface area contributed by atoms with Crippen LogP contribution in [0.3, 0.4) is 0 Å². The van der Waals surface area contributed by atoms with E-state index in [0.717, 1.165) is 51.7 Å². The second kappa shape index (κ2) is 7.95. The molecule has 0 fully saturated rings. The van der Waals surface area contributed by atoms with Gasteiger partial charge in [0.2, 0.25) is 0 Å². The van der Waals surface area contributed by atoms with Crippen LogP contribution < -0.4 is 5.56 Å². The van der Waals surface area contributed by atoms with Crippen molar-refractivity contribution in [3.63, 3.8) is 0 Å². The normalized spacial score (nSPS) is 11.7. The zero-order valence-electron chi connectivity index (χ0n) is 17.2. The monoisotopic (exact) mass is 383 g/mol. The standard InChI is InChI=1S/C22H29N3OS/c1-7-24(8-2)11-12-25-17(6)23-21-20(22(25)26)19(16(5)27-21)18-10-9-14(3)15(4)13-18/h9-10,13H,7-8,11-12H2,1-6H3. The van der Waals surface area contributed by atoms with Crippen molar-refractivity contribution < 1.29 is 0 Å². The maximum Gasteiger partial charge on any atom is 0.262 e. The summed E-state index contributed by atoms with van der Waals surface area (Å²) in [6.07, 6.45) is 0. The summed E-state index contributed by atoms with van der Waals surface area (Å²) in [4.78, 5) is 22.5. The molecule has 0 N–H and O–H groups in total. The topological polar surface area (TPSA) is 38.1 Å². The number of aryl methyl sites for hydroxylation is 4. The first kappa shape index (κ1) is 19.8. The van der Waals surface area contributed by atoms with Crippen molar-refractivity contribution in [3.05, 3.63) is 50.4 Å². The summed E-state index contributed by atoms with van der Waals surface area (Å²) in [5, 5.41) is 0.769. The van der Waals surface area contributed by atoms with Crippen molar-refractivity contribution in [1.29, 1.82) is 0 Å². The summed E-state index contributed by atoms with van der Waals surface area (Å²) < 4.78 is 1.84. The maximum absolute atomic E-state index is 13.4. The van der Waals surface area contributed by atoms with E-state index < -0.39 is 0 Å². The molecule has 3 aromatic rings. The number of hydrogen-bond acceptors (Lipinski definition) is 4. The summed E-state index contributed by atoms with van der Waals surface area (Å²) in [7, 11) is 0. The van der Waals surface area contributed by atoms with Crippen LogP contribution in [-0.4, -0.2) is 34.1 Å². The van der Waals surface area contributed by atoms with Crippen LogP contribution in [0.15, 0.2) is 23.0 Å². The maximum atomic E-state index is 13.4. The molecule has 0 aliphatic carbocycles. The van der Waals surface area contributed by atoms with Gasteiger partial charge in [-0.3, -0.25) is 9.36 Å². The van der Waals surface area contributed by atoms with Crippen LogP contribution in [0.2, 0.25) is 0 Å². The van der Waals surface area contributed by atoms with Gasteiger partial charge < -0.3 is 4.90 Å². The molecule has 0 bridgehead atoms. The Bertz CT molecular complexity index is 1030. The lowest BCUT2D eigenvalue weighted by Gasteiger charge is -2.19. The van der Waals surface area contributed by atoms with Crippen LogP contribution >= 0.6 is 11.3 Å². The van der Waals surface area contributed by atoms with Crippen molar-refractivity contribution in [2.24, 2.45) is 0 Å². The summed E-state index contributed by atoms with van der Waals surface area (Å²) in [5.41, 5.74) is 4.75. The zero-order valence-corrected chi connectivity index (χ0v) is 18.0. The second-order valence-corrected chi connectivity index (χ2v) is 8.36. The molecule has 0 aliphatic heterocycles. The van der Waals surface area contributed by atoms with Gasteiger partial charge in [0, 0.05) is 23.5 Å². The Morgan fingerprint density at radius 3 is 2.41 bits per heavy atom. The van der Waals surface area contributed by atoms with Crippen molar-refractivity contribution in [2.45, 2.75) is 48.1 Å². The van der Waals surface area contributed by atoms with Crippen LogP contribution in [0.5, 0.6) is 0 Å². The number of thiophene rings is 1. The molecule has 0 unspecified atom stereocenters. The number of hydrogen-bond donors (Lipinski definition) is 0. The average Bonchev–Trinajstić information content (AvgIpc) is 2.96. The Kier molecular flexibility index (Phi) is 5.82. The largest absolute Gasteiger partial charge is 0.302 e. The lowest BCUT2D eigenvalue weighted by molar-refractivity contribution is 0.288. The molecule has 2 aromatic heterocycles. The third kappa shape index (κ3) is 3.71. The van der Waals surface area contributed by atoms with E-state index in [-0.39, 0.29) is 5.56 Å². The van der Waals surface area contributed by atoms with E-state index in [0.29, 0.717) is 6.54 Å². The molecule has 3 rings (SSSR count). The van der Waals surface area contributed by atoms with Gasteiger partial charge in [0.1, 0.15) is 10.7 Å². The molecule has 0 saturated heterocycles. The Morgan fingerprint density at radius 1 is 1.07 bits per heavy atom. The number of nitrogens with zero attached hydrogens (tertiary/aromatic N) is 3. The van der Waals surface area contributed by atoms with Crippen LogP contribution in [0.4, 0.5) is 0 Å². The molecule has 5 heteroatoms. The molecule has 2 heterocycles. The Labute approximate surface area is 165 Å². The highest BCUT2D eigenvalue weighted by molar-refractivity contribution is 7.19. The Morgan fingerprint density at radius 2 is 1.78 bits per heavy atom. The predicted octanol–water partition coefficient (Wildman–Crippen LogP) is 4.70. The highest BCUT2D eigenvalue weighted by Crippen LogP contribution is 2.36. The van der Waals surface area contributed by atoms with Gasteiger partial charge in [-0.1, -0.05) is 32.0 Å². The van der Waals surface area contributed by atoms with Crippen molar-refractivity contribution >= 4 is 21.6 Å². The SMILES string of the molecule is CCN(CC)CCn1c(C)nc2sc(C)c(-c3ccc(C)c(C)c3)c2c1=O. The lowest BCUT2D eigenvalue weighted by atomic mass is 9.99. The second-order valence-electron chi connectivity index (χ2n) is 7.16. The van der Waals surface area contributed by atoms with E-state index >= 15 is 0 Å². The van der Waals surface area contributed by atoms with E-state index in [1.54, 1.807) is 11.3 Å². The fourth-order valence-corrected chi connectivity index (χ4v) is 4.67. The molecule has 0 saturated carbocycles. The van der Waals surface area contributed by atoms with Crippen LogP contribution in [0, 0.1) is 27.7 Å². The Hall–Kier alpha value is -1.98. The number of fused-ring (bicyclic) bond motifs is 1. The predicted molar refractivity (Wildman–Crippen MR) is 116 cm³/mol. The molecular weight excluding hydrogens is 354 g/mol. The minimum absolute atomic E-state index is 0.0854. The lowest BCUT2D eigenvalue weighted by Crippen LogP contribution is -2.32. The first-order chi connectivity index (χ1) is 12.9. The molecule has 0 aliphatic rings. The molecule has 27 heavy (non-hydrogen) atoms. The highest BCUT2D eigenvalue weighted by Gasteiger charge is 2.19. The fourth-order valence-electron chi connectivity index (χ4n) is 3.59. The van der Waals surface area contributed by atoms with E-state index in [2.05, 4.69) is 57.7 Å². The molecule has 0 amide bonds. The van der Waals surface area contributed by atoms with Crippen LogP contribution in [-0.2, 0) is 6.54 Å². The number of likely N-dealkylation sites (N-methyl/N-ethyl adjacent to an activating group) is 1. The van der Waals surface area contributed by atoms with E-state index in [1.807, 2.05) is 11.5 Å². The van der Waals surface area contributed by atoms with Gasteiger partial charge in [0.25, 0.3) is 5.56 Å². The number of aromatic nitrogens is 2. The zero-order chi connectivity index (χ0) is 19.7. The fraction of sp³-hybridized carbons (Fsp3) is 0.455. The van der Waals surface area contributed by atoms with E-state index in [4.69, 9.17) is 4.98 Å². The van der Waals surface area contributed by atoms with E-state index in [1.165, 1.54) is 11.1 Å². The molecule has 0 radical (unpaired) electrons. The van der Waals surface area contributed by atoms with Crippen molar-refractivity contribution in [1.82, 2.24) is 14.5 Å². The summed E-state index contributed by atoms with van der Waals surface area (Å²) in [6.45, 7) is 16.1. The summed E-state index contributed by atoms with van der Waals surface area (Å²) >= 11 is 1.62. The van der Waals surface area contributed by atoms with Gasteiger partial charge in [-0.2, -0.15) is 0 Å². The number of rotatable bonds is 6. The highest BCUT2D eigenvalue weighted by atomic mass is 32.1. The van der Waals surface area contributed by atoms with Crippen molar-refractivity contribution in [3.8, 4) is 11.1 Å². The van der Waals surface area contributed by atoms with Gasteiger partial charge in [0.15, 0.2) is 0 Å². The molecular formula is C22H29N3OS. The number of benzene rings is 1. The quantitative estimate of drug-likeness (QED) is 0.619. The third-order valence-corrected chi connectivity index (χ3v) is 6.51. The summed E-state index contributed by atoms with van der Waals surface area (Å²) in [6, 6.07) is 6.44.